The molecule has 35 heavy (non-hydrogen) atoms. The summed E-state index contributed by atoms with van der Waals surface area (Å²) < 4.78 is 5.20. The number of hydrogen-bond donors (Lipinski definition) is 1. The predicted molar refractivity (Wildman–Crippen MR) is 155 cm³/mol. The second-order valence-corrected chi connectivity index (χ2v) is 11.0. The van der Waals surface area contributed by atoms with Crippen molar-refractivity contribution >= 4 is 5.97 Å². The topological polar surface area (TPSA) is 52.3 Å². The quantitative estimate of drug-likeness (QED) is 0.0796. The van der Waals surface area contributed by atoms with Gasteiger partial charge in [-0.15, -0.1) is 0 Å². The van der Waals surface area contributed by atoms with Gasteiger partial charge in [-0.05, 0) is 19.4 Å². The van der Waals surface area contributed by atoms with E-state index in [9.17, 15) is 4.79 Å². The third-order valence-corrected chi connectivity index (χ3v) is 7.35. The summed E-state index contributed by atoms with van der Waals surface area (Å²) in [7, 11) is 0. The van der Waals surface area contributed by atoms with Crippen molar-refractivity contribution in [1.82, 2.24) is 0 Å². The van der Waals surface area contributed by atoms with E-state index >= 15 is 0 Å². The molecular weight excluding hydrogens is 430 g/mol. The molecule has 0 saturated heterocycles. The Morgan fingerprint density at radius 2 is 0.743 bits per heavy atom. The molecule has 0 aliphatic carbocycles. The Morgan fingerprint density at radius 3 is 1.03 bits per heavy atom. The van der Waals surface area contributed by atoms with E-state index in [2.05, 4.69) is 6.92 Å². The first kappa shape index (κ1) is 34.4. The molecule has 0 unspecified atom stereocenters. The molecule has 0 fully saturated rings. The molecule has 0 bridgehead atoms. The zero-order valence-corrected chi connectivity index (χ0v) is 24.1. The Balaban J connectivity index is 3.05. The van der Waals surface area contributed by atoms with Crippen LogP contribution in [0.5, 0.6) is 0 Å². The van der Waals surface area contributed by atoms with E-state index in [-0.39, 0.29) is 5.97 Å². The van der Waals surface area contributed by atoms with Crippen LogP contribution in [-0.2, 0) is 9.53 Å². The molecular formula is C32H65NO2. The fraction of sp³-hybridized carbons (Fsp3) is 0.969. The molecule has 210 valence electrons. The van der Waals surface area contributed by atoms with Crippen molar-refractivity contribution in [3.8, 4) is 0 Å². The van der Waals surface area contributed by atoms with E-state index in [1.54, 1.807) is 0 Å². The summed E-state index contributed by atoms with van der Waals surface area (Å²) in [5.74, 6) is -0.0879. The maximum Gasteiger partial charge on any atom is 0.305 e. The van der Waals surface area contributed by atoms with Crippen LogP contribution in [0.15, 0.2) is 0 Å². The SMILES string of the molecule is CCCCCCCCCCCCCCCCCCCCCCCCCCCCOC(=O)CCCN. The molecule has 0 aromatic rings. The zero-order valence-electron chi connectivity index (χ0n) is 24.1. The lowest BCUT2D eigenvalue weighted by molar-refractivity contribution is -0.143. The molecule has 0 atom stereocenters. The average molecular weight is 496 g/mol. The van der Waals surface area contributed by atoms with Crippen LogP contribution in [0.2, 0.25) is 0 Å². The number of ether oxygens (including phenoxy) is 1. The minimum atomic E-state index is -0.0879. The van der Waals surface area contributed by atoms with Gasteiger partial charge in [0.25, 0.3) is 0 Å². The summed E-state index contributed by atoms with van der Waals surface area (Å²) in [6.07, 6.45) is 37.8. The first-order valence-corrected chi connectivity index (χ1v) is 16.2. The highest BCUT2D eigenvalue weighted by molar-refractivity contribution is 5.69. The monoisotopic (exact) mass is 496 g/mol. The maximum atomic E-state index is 11.4. The molecule has 3 heteroatoms. The Labute approximate surface area is 221 Å². The highest BCUT2D eigenvalue weighted by atomic mass is 16.5. The summed E-state index contributed by atoms with van der Waals surface area (Å²) in [6.45, 7) is 3.45. The van der Waals surface area contributed by atoms with E-state index in [0.29, 0.717) is 19.6 Å². The predicted octanol–water partition coefficient (Wildman–Crippen LogP) is 10.4. The van der Waals surface area contributed by atoms with Crippen molar-refractivity contribution in [2.45, 2.75) is 187 Å². The van der Waals surface area contributed by atoms with Gasteiger partial charge >= 0.3 is 5.97 Å². The summed E-state index contributed by atoms with van der Waals surface area (Å²) in [5.41, 5.74) is 5.39. The molecule has 0 aliphatic heterocycles. The van der Waals surface area contributed by atoms with Gasteiger partial charge in [0.2, 0.25) is 0 Å². The normalized spacial score (nSPS) is 11.3. The smallest absolute Gasteiger partial charge is 0.305 e. The van der Waals surface area contributed by atoms with Gasteiger partial charge in [0, 0.05) is 6.42 Å². The fourth-order valence-corrected chi connectivity index (χ4v) is 4.92. The second-order valence-electron chi connectivity index (χ2n) is 11.0. The number of carbonyl (C=O) groups excluding carboxylic acids is 1. The minimum Gasteiger partial charge on any atom is -0.466 e. The Morgan fingerprint density at radius 1 is 0.457 bits per heavy atom. The van der Waals surface area contributed by atoms with E-state index in [0.717, 1.165) is 12.8 Å². The molecule has 0 heterocycles. The second kappa shape index (κ2) is 31.5. The number of hydrogen-bond acceptors (Lipinski definition) is 3. The number of esters is 1. The summed E-state index contributed by atoms with van der Waals surface area (Å²) in [5, 5.41) is 0. The third kappa shape index (κ3) is 31.4. The molecule has 0 aromatic heterocycles. The Kier molecular flexibility index (Phi) is 30.9. The van der Waals surface area contributed by atoms with Gasteiger partial charge < -0.3 is 10.5 Å². The van der Waals surface area contributed by atoms with Gasteiger partial charge in [0.15, 0.2) is 0 Å². The van der Waals surface area contributed by atoms with Crippen molar-refractivity contribution < 1.29 is 9.53 Å². The van der Waals surface area contributed by atoms with Crippen LogP contribution in [0.1, 0.15) is 187 Å². The number of rotatable bonds is 30. The van der Waals surface area contributed by atoms with Crippen molar-refractivity contribution in [3.05, 3.63) is 0 Å². The molecule has 3 nitrogen and oxygen atoms in total. The lowest BCUT2D eigenvalue weighted by Crippen LogP contribution is -2.08. The minimum absolute atomic E-state index is 0.0879. The Hall–Kier alpha value is -0.570. The standard InChI is InChI=1S/C32H65NO2/c1-2-3-4-5-6-7-8-9-10-11-12-13-14-15-16-17-18-19-20-21-22-23-24-25-26-27-31-35-32(34)29-28-30-33/h2-31,33H2,1H3. The van der Waals surface area contributed by atoms with E-state index in [1.807, 2.05) is 0 Å². The van der Waals surface area contributed by atoms with Crippen LogP contribution in [0.25, 0.3) is 0 Å². The van der Waals surface area contributed by atoms with Crippen molar-refractivity contribution in [3.63, 3.8) is 0 Å². The highest BCUT2D eigenvalue weighted by Gasteiger charge is 2.01. The van der Waals surface area contributed by atoms with Gasteiger partial charge in [-0.2, -0.15) is 0 Å². The average Bonchev–Trinajstić information content (AvgIpc) is 2.87. The molecule has 0 radical (unpaired) electrons. The molecule has 0 aliphatic rings. The maximum absolute atomic E-state index is 11.4. The van der Waals surface area contributed by atoms with Crippen LogP contribution in [0.4, 0.5) is 0 Å². The summed E-state index contributed by atoms with van der Waals surface area (Å²) in [4.78, 5) is 11.4. The molecule has 0 rings (SSSR count). The van der Waals surface area contributed by atoms with E-state index in [4.69, 9.17) is 10.5 Å². The van der Waals surface area contributed by atoms with Crippen LogP contribution in [-0.4, -0.2) is 19.1 Å². The first-order chi connectivity index (χ1) is 17.3. The highest BCUT2D eigenvalue weighted by Crippen LogP contribution is 2.16. The van der Waals surface area contributed by atoms with Crippen molar-refractivity contribution in [1.29, 1.82) is 0 Å². The van der Waals surface area contributed by atoms with Crippen LogP contribution < -0.4 is 5.73 Å². The van der Waals surface area contributed by atoms with Gasteiger partial charge in [0.1, 0.15) is 0 Å². The van der Waals surface area contributed by atoms with Gasteiger partial charge in [-0.1, -0.05) is 167 Å². The van der Waals surface area contributed by atoms with Gasteiger partial charge in [-0.25, -0.2) is 0 Å². The molecule has 0 saturated carbocycles. The van der Waals surface area contributed by atoms with Gasteiger partial charge in [0.05, 0.1) is 6.61 Å². The lowest BCUT2D eigenvalue weighted by atomic mass is 10.0. The van der Waals surface area contributed by atoms with Crippen molar-refractivity contribution in [2.75, 3.05) is 13.2 Å². The number of unbranched alkanes of at least 4 members (excludes halogenated alkanes) is 25. The largest absolute Gasteiger partial charge is 0.466 e. The first-order valence-electron chi connectivity index (χ1n) is 16.2. The number of nitrogens with two attached hydrogens (primary N) is 1. The fourth-order valence-electron chi connectivity index (χ4n) is 4.92. The molecule has 2 N–H and O–H groups in total. The molecule has 0 aromatic carbocycles. The summed E-state index contributed by atoms with van der Waals surface area (Å²) in [6, 6.07) is 0. The molecule has 0 spiro atoms. The van der Waals surface area contributed by atoms with E-state index in [1.165, 1.54) is 161 Å². The Bertz CT molecular complexity index is 399. The zero-order chi connectivity index (χ0) is 25.5. The number of carbonyl (C=O) groups is 1. The van der Waals surface area contributed by atoms with E-state index < -0.39 is 0 Å². The third-order valence-electron chi connectivity index (χ3n) is 7.35. The van der Waals surface area contributed by atoms with Crippen LogP contribution >= 0.6 is 0 Å². The van der Waals surface area contributed by atoms with Crippen LogP contribution in [0.3, 0.4) is 0 Å². The van der Waals surface area contributed by atoms with Crippen molar-refractivity contribution in [2.24, 2.45) is 5.73 Å². The van der Waals surface area contributed by atoms with Crippen LogP contribution in [0, 0.1) is 0 Å². The summed E-state index contributed by atoms with van der Waals surface area (Å²) >= 11 is 0. The van der Waals surface area contributed by atoms with Gasteiger partial charge in [-0.3, -0.25) is 4.79 Å². The molecule has 0 amide bonds. The lowest BCUT2D eigenvalue weighted by Gasteiger charge is -2.05.